The molecule has 0 radical (unpaired) electrons. The summed E-state index contributed by atoms with van der Waals surface area (Å²) in [6.07, 6.45) is 0. The molecule has 0 saturated carbocycles. The van der Waals surface area contributed by atoms with Crippen LogP contribution in [0.5, 0.6) is 0 Å². The lowest BCUT2D eigenvalue weighted by Gasteiger charge is -2.33. The number of hydrogen-bond acceptors (Lipinski definition) is 5. The van der Waals surface area contributed by atoms with Gasteiger partial charge in [0.25, 0.3) is 5.91 Å². The number of halogens is 1. The van der Waals surface area contributed by atoms with E-state index in [0.29, 0.717) is 43.6 Å². The van der Waals surface area contributed by atoms with Gasteiger partial charge in [-0.1, -0.05) is 29.4 Å². The summed E-state index contributed by atoms with van der Waals surface area (Å²) in [7, 11) is 0. The summed E-state index contributed by atoms with van der Waals surface area (Å²) in [6, 6.07) is 15.8. The zero-order valence-corrected chi connectivity index (χ0v) is 14.0. The monoisotopic (exact) mass is 352 g/mol. The lowest BCUT2D eigenvalue weighted by molar-refractivity contribution is 0.0744. The van der Waals surface area contributed by atoms with Crippen molar-refractivity contribution in [2.24, 2.45) is 0 Å². The van der Waals surface area contributed by atoms with Crippen LogP contribution < -0.4 is 4.90 Å². The third-order valence-corrected chi connectivity index (χ3v) is 4.34. The first-order valence-corrected chi connectivity index (χ1v) is 8.39. The number of piperazine rings is 1. The molecule has 4 rings (SSSR count). The summed E-state index contributed by atoms with van der Waals surface area (Å²) in [4.78, 5) is 16.1. The van der Waals surface area contributed by atoms with Crippen molar-refractivity contribution in [3.05, 3.63) is 66.0 Å². The van der Waals surface area contributed by atoms with Crippen LogP contribution in [0.2, 0.25) is 0 Å². The normalized spacial score (nSPS) is 14.5. The predicted molar refractivity (Wildman–Crippen MR) is 94.3 cm³/mol. The van der Waals surface area contributed by atoms with Crippen molar-refractivity contribution in [1.29, 1.82) is 0 Å². The van der Waals surface area contributed by atoms with Crippen molar-refractivity contribution in [1.82, 2.24) is 15.1 Å². The Morgan fingerprint density at radius 2 is 1.73 bits per heavy atom. The van der Waals surface area contributed by atoms with E-state index < -0.39 is 5.82 Å². The minimum absolute atomic E-state index is 0.167. The van der Waals surface area contributed by atoms with E-state index in [1.165, 1.54) is 12.1 Å². The number of nitrogens with zero attached hydrogens (tertiary/aromatic N) is 4. The largest absolute Gasteiger partial charge is 0.403 e. The van der Waals surface area contributed by atoms with Crippen LogP contribution in [-0.4, -0.2) is 47.2 Å². The average Bonchev–Trinajstić information content (AvgIpc) is 3.18. The molecule has 1 aromatic heterocycles. The molecule has 1 saturated heterocycles. The minimum Gasteiger partial charge on any atom is -0.403 e. The van der Waals surface area contributed by atoms with Crippen molar-refractivity contribution in [3.63, 3.8) is 0 Å². The van der Waals surface area contributed by atoms with Crippen LogP contribution >= 0.6 is 0 Å². The SMILES string of the molecule is O=C(c1cccc(F)c1)N1CCN(c2nnc(-c3ccccc3)o2)CC1. The van der Waals surface area contributed by atoms with E-state index >= 15 is 0 Å². The molecular formula is C19H17FN4O2. The van der Waals surface area contributed by atoms with E-state index in [0.717, 1.165) is 5.56 Å². The van der Waals surface area contributed by atoms with Gasteiger partial charge >= 0.3 is 6.01 Å². The lowest BCUT2D eigenvalue weighted by atomic mass is 10.2. The molecule has 1 fully saturated rings. The number of aromatic nitrogens is 2. The van der Waals surface area contributed by atoms with Gasteiger partial charge in [-0.15, -0.1) is 5.10 Å². The van der Waals surface area contributed by atoms with Gasteiger partial charge in [0.15, 0.2) is 0 Å². The number of anilines is 1. The Bertz CT molecular complexity index is 905. The highest BCUT2D eigenvalue weighted by molar-refractivity contribution is 5.94. The first kappa shape index (κ1) is 16.3. The molecule has 6 nitrogen and oxygen atoms in total. The van der Waals surface area contributed by atoms with Gasteiger partial charge in [0.2, 0.25) is 5.89 Å². The standard InChI is InChI=1S/C19H17FN4O2/c20-16-8-4-7-15(13-16)18(25)23-9-11-24(12-10-23)19-22-21-17(26-19)14-5-2-1-3-6-14/h1-8,13H,9-12H2. The molecule has 0 unspecified atom stereocenters. The van der Waals surface area contributed by atoms with E-state index in [-0.39, 0.29) is 5.91 Å². The van der Waals surface area contributed by atoms with Crippen LogP contribution in [0.15, 0.2) is 59.0 Å². The molecule has 1 aliphatic rings. The summed E-state index contributed by atoms with van der Waals surface area (Å²) >= 11 is 0. The van der Waals surface area contributed by atoms with Crippen molar-refractivity contribution in [2.75, 3.05) is 31.1 Å². The van der Waals surface area contributed by atoms with Crippen LogP contribution in [0.25, 0.3) is 11.5 Å². The van der Waals surface area contributed by atoms with Gasteiger partial charge in [-0.3, -0.25) is 4.79 Å². The van der Waals surface area contributed by atoms with Crippen LogP contribution in [0.3, 0.4) is 0 Å². The van der Waals surface area contributed by atoms with Gasteiger partial charge in [-0.05, 0) is 30.3 Å². The molecule has 1 aliphatic heterocycles. The number of carbonyl (C=O) groups excluding carboxylic acids is 1. The molecule has 0 atom stereocenters. The van der Waals surface area contributed by atoms with E-state index in [9.17, 15) is 9.18 Å². The van der Waals surface area contributed by atoms with Gasteiger partial charge in [0.05, 0.1) is 0 Å². The molecule has 26 heavy (non-hydrogen) atoms. The molecule has 7 heteroatoms. The second kappa shape index (κ2) is 6.95. The van der Waals surface area contributed by atoms with Crippen molar-refractivity contribution in [2.45, 2.75) is 0 Å². The highest BCUT2D eigenvalue weighted by Crippen LogP contribution is 2.22. The Labute approximate surface area is 149 Å². The van der Waals surface area contributed by atoms with Gasteiger partial charge in [-0.25, -0.2) is 4.39 Å². The summed E-state index contributed by atoms with van der Waals surface area (Å²) in [6.45, 7) is 2.19. The maximum Gasteiger partial charge on any atom is 0.318 e. The Morgan fingerprint density at radius 1 is 0.962 bits per heavy atom. The van der Waals surface area contributed by atoms with E-state index in [2.05, 4.69) is 10.2 Å². The fraction of sp³-hybridized carbons (Fsp3) is 0.211. The number of amides is 1. The predicted octanol–water partition coefficient (Wildman–Crippen LogP) is 2.84. The number of hydrogen-bond donors (Lipinski definition) is 0. The highest BCUT2D eigenvalue weighted by atomic mass is 19.1. The minimum atomic E-state index is -0.409. The van der Waals surface area contributed by atoms with Gasteiger partial charge in [-0.2, -0.15) is 0 Å². The Kier molecular flexibility index (Phi) is 4.35. The highest BCUT2D eigenvalue weighted by Gasteiger charge is 2.25. The van der Waals surface area contributed by atoms with Crippen LogP contribution in [0.4, 0.5) is 10.4 Å². The Morgan fingerprint density at radius 3 is 2.46 bits per heavy atom. The molecule has 2 aromatic carbocycles. The average molecular weight is 352 g/mol. The molecule has 2 heterocycles. The maximum atomic E-state index is 13.3. The topological polar surface area (TPSA) is 62.5 Å². The third kappa shape index (κ3) is 3.28. The van der Waals surface area contributed by atoms with E-state index in [4.69, 9.17) is 4.42 Å². The molecule has 3 aromatic rings. The number of rotatable bonds is 3. The molecule has 0 N–H and O–H groups in total. The summed E-state index contributed by atoms with van der Waals surface area (Å²) in [5.74, 6) is -0.104. The lowest BCUT2D eigenvalue weighted by Crippen LogP contribution is -2.49. The number of benzene rings is 2. The fourth-order valence-corrected chi connectivity index (χ4v) is 2.95. The molecular weight excluding hydrogens is 335 g/mol. The smallest absolute Gasteiger partial charge is 0.318 e. The van der Waals surface area contributed by atoms with Gasteiger partial charge in [0.1, 0.15) is 5.82 Å². The van der Waals surface area contributed by atoms with Crippen molar-refractivity contribution < 1.29 is 13.6 Å². The quantitative estimate of drug-likeness (QED) is 0.725. The maximum absolute atomic E-state index is 13.3. The second-order valence-electron chi connectivity index (χ2n) is 6.05. The zero-order valence-electron chi connectivity index (χ0n) is 14.0. The summed E-state index contributed by atoms with van der Waals surface area (Å²) in [5, 5.41) is 8.20. The molecule has 0 bridgehead atoms. The molecule has 0 spiro atoms. The molecule has 1 amide bonds. The summed E-state index contributed by atoms with van der Waals surface area (Å²) in [5.41, 5.74) is 1.23. The first-order valence-electron chi connectivity index (χ1n) is 8.39. The van der Waals surface area contributed by atoms with Crippen LogP contribution in [-0.2, 0) is 0 Å². The number of carbonyl (C=O) groups is 1. The Hall–Kier alpha value is -3.22. The fourth-order valence-electron chi connectivity index (χ4n) is 2.95. The van der Waals surface area contributed by atoms with Crippen molar-refractivity contribution >= 4 is 11.9 Å². The van der Waals surface area contributed by atoms with Gasteiger partial charge in [0, 0.05) is 37.3 Å². The van der Waals surface area contributed by atoms with Crippen molar-refractivity contribution in [3.8, 4) is 11.5 Å². The first-order chi connectivity index (χ1) is 12.7. The third-order valence-electron chi connectivity index (χ3n) is 4.34. The van der Waals surface area contributed by atoms with Crippen LogP contribution in [0, 0.1) is 5.82 Å². The van der Waals surface area contributed by atoms with Crippen LogP contribution in [0.1, 0.15) is 10.4 Å². The second-order valence-corrected chi connectivity index (χ2v) is 6.05. The van der Waals surface area contributed by atoms with E-state index in [1.807, 2.05) is 35.2 Å². The summed E-state index contributed by atoms with van der Waals surface area (Å²) < 4.78 is 19.1. The molecule has 132 valence electrons. The Balaban J connectivity index is 1.41. The molecule has 0 aliphatic carbocycles. The van der Waals surface area contributed by atoms with E-state index in [1.54, 1.807) is 17.0 Å². The van der Waals surface area contributed by atoms with Gasteiger partial charge < -0.3 is 14.2 Å². The zero-order chi connectivity index (χ0) is 17.9.